The minimum absolute atomic E-state index is 0.180. The summed E-state index contributed by atoms with van der Waals surface area (Å²) in [5, 5.41) is 9.03. The van der Waals surface area contributed by atoms with E-state index in [1.807, 2.05) is 31.2 Å². The molecule has 1 aromatic heterocycles. The molecule has 27 heavy (non-hydrogen) atoms. The lowest BCUT2D eigenvalue weighted by molar-refractivity contribution is -0.138. The highest BCUT2D eigenvalue weighted by molar-refractivity contribution is 5.92. The van der Waals surface area contributed by atoms with Crippen molar-refractivity contribution >= 4 is 17.6 Å². The van der Waals surface area contributed by atoms with E-state index in [0.717, 1.165) is 42.9 Å². The third-order valence-corrected chi connectivity index (χ3v) is 4.97. The average Bonchev–Trinajstić information content (AvgIpc) is 2.61. The van der Waals surface area contributed by atoms with Crippen LogP contribution in [0.1, 0.15) is 41.1 Å². The van der Waals surface area contributed by atoms with E-state index >= 15 is 0 Å². The zero-order chi connectivity index (χ0) is 19.6. The highest BCUT2D eigenvalue weighted by Gasteiger charge is 2.22. The Kier molecular flexibility index (Phi) is 5.39. The summed E-state index contributed by atoms with van der Waals surface area (Å²) < 4.78 is 0. The molecule has 0 spiro atoms. The van der Waals surface area contributed by atoms with Gasteiger partial charge in [0.2, 0.25) is 0 Å². The van der Waals surface area contributed by atoms with Gasteiger partial charge < -0.3 is 15.7 Å². The van der Waals surface area contributed by atoms with Crippen LogP contribution < -0.4 is 10.6 Å². The van der Waals surface area contributed by atoms with Gasteiger partial charge in [-0.25, -0.2) is 4.98 Å². The molecule has 7 heteroatoms. The lowest BCUT2D eigenvalue weighted by Gasteiger charge is -2.34. The number of amides is 1. The molecule has 0 radical (unpaired) electrons. The van der Waals surface area contributed by atoms with Crippen LogP contribution in [0.5, 0.6) is 0 Å². The molecule has 1 aliphatic heterocycles. The Labute approximate surface area is 158 Å². The molecule has 2 aromatic rings. The molecular weight excluding hydrogens is 344 g/mol. The van der Waals surface area contributed by atoms with Crippen LogP contribution in [0.3, 0.4) is 0 Å². The maximum Gasteiger partial charge on any atom is 0.303 e. The molecule has 1 atom stereocenters. The number of anilines is 1. The zero-order valence-corrected chi connectivity index (χ0v) is 15.6. The SMILES string of the molecule is Cc1nc(C)c(-c2ccc(N3CCC[C@H](CC(=O)O)C3)cc2)nc1C(N)=O. The van der Waals surface area contributed by atoms with Gasteiger partial charge in [0.25, 0.3) is 5.91 Å². The van der Waals surface area contributed by atoms with Crippen molar-refractivity contribution in [2.45, 2.75) is 33.1 Å². The van der Waals surface area contributed by atoms with Gasteiger partial charge in [-0.05, 0) is 44.7 Å². The van der Waals surface area contributed by atoms with Gasteiger partial charge in [-0.15, -0.1) is 0 Å². The molecule has 0 saturated carbocycles. The number of carboxylic acid groups (broad SMARTS) is 1. The highest BCUT2D eigenvalue weighted by Crippen LogP contribution is 2.28. The Hall–Kier alpha value is -2.96. The standard InChI is InChI=1S/C20H24N4O3/c1-12-18(23-19(20(21)27)13(2)22-12)15-5-7-16(8-6-15)24-9-3-4-14(11-24)10-17(25)26/h5-8,14H,3-4,9-11H2,1-2H3,(H2,21,27)(H,25,26)/t14-/m1/s1. The summed E-state index contributed by atoms with van der Waals surface area (Å²) in [6, 6.07) is 7.91. The second kappa shape index (κ2) is 7.73. The van der Waals surface area contributed by atoms with Crippen LogP contribution in [-0.4, -0.2) is 40.0 Å². The van der Waals surface area contributed by atoms with Crippen LogP contribution in [0.15, 0.2) is 24.3 Å². The van der Waals surface area contributed by atoms with Crippen molar-refractivity contribution in [3.63, 3.8) is 0 Å². The minimum atomic E-state index is -0.740. The summed E-state index contributed by atoms with van der Waals surface area (Å²) in [4.78, 5) is 33.6. The summed E-state index contributed by atoms with van der Waals surface area (Å²) in [5.74, 6) is -1.15. The molecule has 0 aliphatic carbocycles. The molecule has 1 saturated heterocycles. The molecule has 3 rings (SSSR count). The Morgan fingerprint density at radius 1 is 1.19 bits per heavy atom. The number of primary amides is 1. The van der Waals surface area contributed by atoms with E-state index < -0.39 is 11.9 Å². The topological polar surface area (TPSA) is 109 Å². The molecule has 1 aromatic carbocycles. The molecule has 142 valence electrons. The number of carboxylic acids is 1. The average molecular weight is 368 g/mol. The highest BCUT2D eigenvalue weighted by atomic mass is 16.4. The molecular formula is C20H24N4O3. The van der Waals surface area contributed by atoms with Crippen molar-refractivity contribution in [3.8, 4) is 11.3 Å². The number of nitrogens with zero attached hydrogens (tertiary/aromatic N) is 3. The number of nitrogens with two attached hydrogens (primary N) is 1. The third-order valence-electron chi connectivity index (χ3n) is 4.97. The first-order valence-electron chi connectivity index (χ1n) is 9.07. The summed E-state index contributed by atoms with van der Waals surface area (Å²) in [6.07, 6.45) is 2.15. The Bertz CT molecular complexity index is 864. The first-order chi connectivity index (χ1) is 12.8. The Balaban J connectivity index is 1.82. The second-order valence-electron chi connectivity index (χ2n) is 7.05. The van der Waals surface area contributed by atoms with E-state index in [-0.39, 0.29) is 18.0 Å². The van der Waals surface area contributed by atoms with Crippen LogP contribution in [0.25, 0.3) is 11.3 Å². The number of piperidine rings is 1. The zero-order valence-electron chi connectivity index (χ0n) is 15.6. The van der Waals surface area contributed by atoms with Crippen LogP contribution in [-0.2, 0) is 4.79 Å². The van der Waals surface area contributed by atoms with Gasteiger partial charge in [0.1, 0.15) is 5.69 Å². The van der Waals surface area contributed by atoms with Gasteiger partial charge in [0.05, 0.1) is 17.1 Å². The largest absolute Gasteiger partial charge is 0.481 e. The number of carbonyl (C=O) groups is 2. The monoisotopic (exact) mass is 368 g/mol. The molecule has 7 nitrogen and oxygen atoms in total. The fourth-order valence-electron chi connectivity index (χ4n) is 3.68. The van der Waals surface area contributed by atoms with E-state index in [4.69, 9.17) is 10.8 Å². The Morgan fingerprint density at radius 2 is 1.89 bits per heavy atom. The molecule has 0 bridgehead atoms. The summed E-state index contributed by atoms with van der Waals surface area (Å²) in [7, 11) is 0. The van der Waals surface area contributed by atoms with Crippen molar-refractivity contribution in [1.82, 2.24) is 9.97 Å². The number of carbonyl (C=O) groups excluding carboxylic acids is 1. The van der Waals surface area contributed by atoms with E-state index in [9.17, 15) is 9.59 Å². The van der Waals surface area contributed by atoms with E-state index in [1.54, 1.807) is 6.92 Å². The predicted octanol–water partition coefficient (Wildman–Crippen LogP) is 2.55. The van der Waals surface area contributed by atoms with Crippen LogP contribution >= 0.6 is 0 Å². The summed E-state index contributed by atoms with van der Waals surface area (Å²) in [5.41, 5.74) is 9.41. The van der Waals surface area contributed by atoms with Gasteiger partial charge in [-0.1, -0.05) is 12.1 Å². The normalized spacial score (nSPS) is 17.0. The Morgan fingerprint density at radius 3 is 2.52 bits per heavy atom. The first-order valence-corrected chi connectivity index (χ1v) is 9.07. The summed E-state index contributed by atoms with van der Waals surface area (Å²) in [6.45, 7) is 5.25. The molecule has 1 aliphatic rings. The number of aryl methyl sites for hydroxylation is 2. The summed E-state index contributed by atoms with van der Waals surface area (Å²) >= 11 is 0. The lowest BCUT2D eigenvalue weighted by atomic mass is 9.94. The molecule has 3 N–H and O–H groups in total. The smallest absolute Gasteiger partial charge is 0.303 e. The fourth-order valence-corrected chi connectivity index (χ4v) is 3.68. The number of hydrogen-bond acceptors (Lipinski definition) is 5. The van der Waals surface area contributed by atoms with Crippen LogP contribution in [0.4, 0.5) is 5.69 Å². The minimum Gasteiger partial charge on any atom is -0.481 e. The number of aliphatic carboxylic acids is 1. The molecule has 0 unspecified atom stereocenters. The quantitative estimate of drug-likeness (QED) is 0.839. The number of benzene rings is 1. The second-order valence-corrected chi connectivity index (χ2v) is 7.05. The van der Waals surface area contributed by atoms with Crippen molar-refractivity contribution < 1.29 is 14.7 Å². The molecule has 1 fully saturated rings. The number of rotatable bonds is 5. The fraction of sp³-hybridized carbons (Fsp3) is 0.400. The molecule has 2 heterocycles. The van der Waals surface area contributed by atoms with Crippen molar-refractivity contribution in [2.24, 2.45) is 11.7 Å². The van der Waals surface area contributed by atoms with Crippen LogP contribution in [0.2, 0.25) is 0 Å². The van der Waals surface area contributed by atoms with Crippen molar-refractivity contribution in [2.75, 3.05) is 18.0 Å². The maximum absolute atomic E-state index is 11.6. The number of hydrogen-bond donors (Lipinski definition) is 2. The molecule has 1 amide bonds. The van der Waals surface area contributed by atoms with Crippen molar-refractivity contribution in [1.29, 1.82) is 0 Å². The van der Waals surface area contributed by atoms with Gasteiger partial charge >= 0.3 is 5.97 Å². The third kappa shape index (κ3) is 4.24. The maximum atomic E-state index is 11.6. The lowest BCUT2D eigenvalue weighted by Crippen LogP contribution is -2.36. The first kappa shape index (κ1) is 18.8. The van der Waals surface area contributed by atoms with Crippen molar-refractivity contribution in [3.05, 3.63) is 41.3 Å². The van der Waals surface area contributed by atoms with E-state index in [1.165, 1.54) is 0 Å². The van der Waals surface area contributed by atoms with E-state index in [0.29, 0.717) is 11.4 Å². The van der Waals surface area contributed by atoms with E-state index in [2.05, 4.69) is 14.9 Å². The van der Waals surface area contributed by atoms with Gasteiger partial charge in [-0.2, -0.15) is 0 Å². The van der Waals surface area contributed by atoms with Gasteiger partial charge in [0, 0.05) is 30.8 Å². The number of aromatic nitrogens is 2. The van der Waals surface area contributed by atoms with Gasteiger partial charge in [-0.3, -0.25) is 14.6 Å². The van der Waals surface area contributed by atoms with Gasteiger partial charge in [0.15, 0.2) is 0 Å². The van der Waals surface area contributed by atoms with Crippen LogP contribution in [0, 0.1) is 19.8 Å². The predicted molar refractivity (Wildman–Crippen MR) is 103 cm³/mol.